The van der Waals surface area contributed by atoms with E-state index in [-0.39, 0.29) is 12.0 Å². The van der Waals surface area contributed by atoms with E-state index in [2.05, 4.69) is 4.90 Å². The fourth-order valence-electron chi connectivity index (χ4n) is 3.94. The number of aliphatic carboxylic acids is 1. The van der Waals surface area contributed by atoms with Gasteiger partial charge >= 0.3 is 11.9 Å². The highest BCUT2D eigenvalue weighted by atomic mass is 16.5. The molecule has 0 radical (unpaired) electrons. The van der Waals surface area contributed by atoms with Crippen LogP contribution in [0.25, 0.3) is 0 Å². The second-order valence-electron chi connectivity index (χ2n) is 8.00. The molecule has 2 aliphatic rings. The second kappa shape index (κ2) is 11.7. The maximum Gasteiger partial charge on any atom is 0.327 e. The largest absolute Gasteiger partial charge is 0.497 e. The molecule has 178 valence electrons. The SMILES string of the molecule is COC(=O)C(c1cccc(OC)c1)N1CCC1.COc1cccc(C(C(=O)O)N2CCC2)c1. The average molecular weight is 457 g/mol. The lowest BCUT2D eigenvalue weighted by atomic mass is 10.0. The first kappa shape index (κ1) is 24.5. The summed E-state index contributed by atoms with van der Waals surface area (Å²) in [5.74, 6) is 0.451. The van der Waals surface area contributed by atoms with E-state index in [0.717, 1.165) is 55.9 Å². The lowest BCUT2D eigenvalue weighted by Gasteiger charge is -2.36. The average Bonchev–Trinajstić information content (AvgIpc) is 2.78. The molecule has 0 aliphatic carbocycles. The molecule has 0 saturated carbocycles. The lowest BCUT2D eigenvalue weighted by molar-refractivity contribution is -0.149. The molecule has 8 nitrogen and oxygen atoms in total. The summed E-state index contributed by atoms with van der Waals surface area (Å²) < 4.78 is 15.2. The molecule has 0 spiro atoms. The van der Waals surface area contributed by atoms with Crippen molar-refractivity contribution < 1.29 is 28.9 Å². The molecule has 4 rings (SSSR count). The number of carboxylic acids is 1. The number of nitrogens with zero attached hydrogens (tertiary/aromatic N) is 2. The maximum absolute atomic E-state index is 11.8. The molecule has 8 heteroatoms. The van der Waals surface area contributed by atoms with Crippen molar-refractivity contribution in [2.45, 2.75) is 24.9 Å². The van der Waals surface area contributed by atoms with Crippen LogP contribution < -0.4 is 9.47 Å². The molecule has 2 aromatic carbocycles. The first-order chi connectivity index (χ1) is 16.0. The molecule has 2 atom stereocenters. The molecule has 2 unspecified atom stereocenters. The minimum Gasteiger partial charge on any atom is -0.497 e. The minimum atomic E-state index is -0.798. The third-order valence-corrected chi connectivity index (χ3v) is 5.99. The van der Waals surface area contributed by atoms with Gasteiger partial charge in [-0.3, -0.25) is 14.6 Å². The number of ether oxygens (including phenoxy) is 3. The summed E-state index contributed by atoms with van der Waals surface area (Å²) in [6.07, 6.45) is 2.21. The van der Waals surface area contributed by atoms with Crippen LogP contribution in [0.2, 0.25) is 0 Å². The lowest BCUT2D eigenvalue weighted by Crippen LogP contribution is -2.43. The number of carbonyl (C=O) groups excluding carboxylic acids is 1. The Hall–Kier alpha value is -3.10. The number of carbonyl (C=O) groups is 2. The number of methoxy groups -OCH3 is 3. The van der Waals surface area contributed by atoms with Crippen LogP contribution in [-0.2, 0) is 14.3 Å². The Morgan fingerprint density at radius 1 is 0.788 bits per heavy atom. The molecular formula is C25H32N2O6. The Balaban J connectivity index is 0.000000186. The van der Waals surface area contributed by atoms with E-state index in [1.54, 1.807) is 20.3 Å². The van der Waals surface area contributed by atoms with Gasteiger partial charge in [-0.05, 0) is 48.2 Å². The number of hydrogen-bond donors (Lipinski definition) is 1. The fraction of sp³-hybridized carbons (Fsp3) is 0.440. The van der Waals surface area contributed by atoms with E-state index < -0.39 is 12.0 Å². The Labute approximate surface area is 194 Å². The summed E-state index contributed by atoms with van der Waals surface area (Å²) in [6.45, 7) is 3.59. The Morgan fingerprint density at radius 3 is 1.61 bits per heavy atom. The van der Waals surface area contributed by atoms with Crippen LogP contribution >= 0.6 is 0 Å². The van der Waals surface area contributed by atoms with Gasteiger partial charge in [0.15, 0.2) is 0 Å². The third kappa shape index (κ3) is 6.03. The van der Waals surface area contributed by atoms with Gasteiger partial charge in [-0.25, -0.2) is 4.79 Å². The fourth-order valence-corrected chi connectivity index (χ4v) is 3.94. The van der Waals surface area contributed by atoms with Crippen LogP contribution in [0, 0.1) is 0 Å². The number of carboxylic acid groups (broad SMARTS) is 1. The van der Waals surface area contributed by atoms with E-state index in [0.29, 0.717) is 5.75 Å². The summed E-state index contributed by atoms with van der Waals surface area (Å²) >= 11 is 0. The molecular weight excluding hydrogens is 424 g/mol. The summed E-state index contributed by atoms with van der Waals surface area (Å²) in [6, 6.07) is 14.0. The summed E-state index contributed by atoms with van der Waals surface area (Å²) in [5, 5.41) is 9.24. The van der Waals surface area contributed by atoms with Gasteiger partial charge in [0.05, 0.1) is 21.3 Å². The Morgan fingerprint density at radius 2 is 1.24 bits per heavy atom. The molecule has 2 fully saturated rings. The Kier molecular flexibility index (Phi) is 8.68. The zero-order valence-corrected chi connectivity index (χ0v) is 19.4. The van der Waals surface area contributed by atoms with Gasteiger partial charge in [-0.2, -0.15) is 0 Å². The molecule has 0 aromatic heterocycles. The van der Waals surface area contributed by atoms with Crippen LogP contribution in [0.1, 0.15) is 36.1 Å². The highest BCUT2D eigenvalue weighted by Gasteiger charge is 2.32. The minimum absolute atomic E-state index is 0.210. The molecule has 2 aliphatic heterocycles. The number of benzene rings is 2. The monoisotopic (exact) mass is 456 g/mol. The van der Waals surface area contributed by atoms with E-state index in [1.807, 2.05) is 47.4 Å². The quantitative estimate of drug-likeness (QED) is 0.606. The van der Waals surface area contributed by atoms with Gasteiger partial charge in [0, 0.05) is 26.2 Å². The summed E-state index contributed by atoms with van der Waals surface area (Å²) in [4.78, 5) is 27.2. The van der Waals surface area contributed by atoms with Crippen LogP contribution in [0.3, 0.4) is 0 Å². The van der Waals surface area contributed by atoms with E-state index in [9.17, 15) is 14.7 Å². The standard InChI is InChI=1S/C13H17NO3.C12H15NO3/c1-16-11-6-3-5-10(9-11)12(13(15)17-2)14-7-4-8-14;1-16-10-5-2-4-9(8-10)11(12(14)15)13-6-3-7-13/h3,5-6,9,12H,4,7-8H2,1-2H3;2,4-5,8,11H,3,6-7H2,1H3,(H,14,15). The number of rotatable bonds is 8. The summed E-state index contributed by atoms with van der Waals surface area (Å²) in [5.41, 5.74) is 1.71. The predicted molar refractivity (Wildman–Crippen MR) is 124 cm³/mol. The first-order valence-electron chi connectivity index (χ1n) is 11.0. The topological polar surface area (TPSA) is 88.5 Å². The maximum atomic E-state index is 11.8. The Bertz CT molecular complexity index is 942. The van der Waals surface area contributed by atoms with Crippen molar-refractivity contribution in [3.8, 4) is 11.5 Å². The molecule has 33 heavy (non-hydrogen) atoms. The van der Waals surface area contributed by atoms with Crippen LogP contribution in [0.15, 0.2) is 48.5 Å². The van der Waals surface area contributed by atoms with Crippen LogP contribution in [0.5, 0.6) is 11.5 Å². The second-order valence-corrected chi connectivity index (χ2v) is 8.00. The molecule has 1 N–H and O–H groups in total. The van der Waals surface area contributed by atoms with Gasteiger partial charge < -0.3 is 19.3 Å². The zero-order valence-electron chi connectivity index (χ0n) is 19.4. The summed E-state index contributed by atoms with van der Waals surface area (Å²) in [7, 11) is 4.63. The van der Waals surface area contributed by atoms with E-state index >= 15 is 0 Å². The first-order valence-corrected chi connectivity index (χ1v) is 11.0. The van der Waals surface area contributed by atoms with Gasteiger partial charge in [0.1, 0.15) is 23.6 Å². The predicted octanol–water partition coefficient (Wildman–Crippen LogP) is 3.14. The normalized spacial score (nSPS) is 17.3. The number of esters is 1. The molecule has 2 aromatic rings. The van der Waals surface area contributed by atoms with E-state index in [4.69, 9.17) is 14.2 Å². The van der Waals surface area contributed by atoms with Gasteiger partial charge in [0.2, 0.25) is 0 Å². The third-order valence-electron chi connectivity index (χ3n) is 5.99. The highest BCUT2D eigenvalue weighted by Crippen LogP contribution is 2.29. The van der Waals surface area contributed by atoms with Crippen molar-refractivity contribution in [1.82, 2.24) is 9.80 Å². The molecule has 2 saturated heterocycles. The van der Waals surface area contributed by atoms with Crippen molar-refractivity contribution in [3.05, 3.63) is 59.7 Å². The van der Waals surface area contributed by atoms with E-state index in [1.165, 1.54) is 7.11 Å². The van der Waals surface area contributed by atoms with Crippen molar-refractivity contribution in [2.75, 3.05) is 47.5 Å². The highest BCUT2D eigenvalue weighted by molar-refractivity contribution is 5.78. The smallest absolute Gasteiger partial charge is 0.327 e. The molecule has 0 bridgehead atoms. The number of hydrogen-bond acceptors (Lipinski definition) is 7. The van der Waals surface area contributed by atoms with Crippen molar-refractivity contribution in [2.24, 2.45) is 0 Å². The van der Waals surface area contributed by atoms with Gasteiger partial charge in [-0.1, -0.05) is 24.3 Å². The molecule has 0 amide bonds. The van der Waals surface area contributed by atoms with Crippen molar-refractivity contribution in [3.63, 3.8) is 0 Å². The van der Waals surface area contributed by atoms with Crippen LogP contribution in [-0.4, -0.2) is 74.4 Å². The van der Waals surface area contributed by atoms with Gasteiger partial charge in [0.25, 0.3) is 0 Å². The van der Waals surface area contributed by atoms with Gasteiger partial charge in [-0.15, -0.1) is 0 Å². The van der Waals surface area contributed by atoms with Crippen molar-refractivity contribution in [1.29, 1.82) is 0 Å². The van der Waals surface area contributed by atoms with Crippen LogP contribution in [0.4, 0.5) is 0 Å². The van der Waals surface area contributed by atoms with Crippen molar-refractivity contribution >= 4 is 11.9 Å². The number of likely N-dealkylation sites (tertiary alicyclic amines) is 2. The molecule has 2 heterocycles. The zero-order chi connectivity index (χ0) is 23.8.